The molecule has 0 radical (unpaired) electrons. The first kappa shape index (κ1) is 12.7. The molecule has 15 heavy (non-hydrogen) atoms. The zero-order valence-electron chi connectivity index (χ0n) is 10.4. The first-order valence-electron chi connectivity index (χ1n) is 5.87. The zero-order chi connectivity index (χ0) is 11.7. The highest BCUT2D eigenvalue weighted by Gasteiger charge is 2.39. The lowest BCUT2D eigenvalue weighted by molar-refractivity contribution is 0.0387. The van der Waals surface area contributed by atoms with Gasteiger partial charge in [0.25, 0.3) is 0 Å². The molecule has 1 aliphatic carbocycles. The topological polar surface area (TPSA) is 40.5 Å². The van der Waals surface area contributed by atoms with E-state index in [9.17, 15) is 10.2 Å². The van der Waals surface area contributed by atoms with Crippen molar-refractivity contribution < 1.29 is 10.2 Å². The van der Waals surface area contributed by atoms with Crippen molar-refractivity contribution in [3.8, 4) is 0 Å². The van der Waals surface area contributed by atoms with E-state index in [0.29, 0.717) is 6.42 Å². The molecule has 0 aromatic rings. The predicted molar refractivity (Wildman–Crippen MR) is 62.6 cm³/mol. The van der Waals surface area contributed by atoms with Gasteiger partial charge in [0.1, 0.15) is 0 Å². The monoisotopic (exact) mass is 212 g/mol. The lowest BCUT2D eigenvalue weighted by Crippen LogP contribution is -2.39. The number of hydrogen-bond acceptors (Lipinski definition) is 2. The first-order valence-corrected chi connectivity index (χ1v) is 5.87. The van der Waals surface area contributed by atoms with Gasteiger partial charge in [0.05, 0.1) is 11.7 Å². The van der Waals surface area contributed by atoms with E-state index in [2.05, 4.69) is 13.8 Å². The molecule has 1 fully saturated rings. The summed E-state index contributed by atoms with van der Waals surface area (Å²) in [5, 5.41) is 19.6. The Morgan fingerprint density at radius 2 is 1.93 bits per heavy atom. The lowest BCUT2D eigenvalue weighted by Gasteiger charge is -2.43. The van der Waals surface area contributed by atoms with E-state index >= 15 is 0 Å². The molecule has 0 aromatic heterocycles. The molecule has 0 heterocycles. The summed E-state index contributed by atoms with van der Waals surface area (Å²) >= 11 is 0. The second kappa shape index (κ2) is 4.26. The third-order valence-electron chi connectivity index (χ3n) is 3.44. The smallest absolute Gasteiger partial charge is 0.0833 e. The van der Waals surface area contributed by atoms with Crippen LogP contribution in [0.3, 0.4) is 0 Å². The summed E-state index contributed by atoms with van der Waals surface area (Å²) in [6.07, 6.45) is 5.37. The summed E-state index contributed by atoms with van der Waals surface area (Å²) in [6, 6.07) is 0. The molecule has 0 bridgehead atoms. The Balaban J connectivity index is 2.91. The van der Waals surface area contributed by atoms with Crippen LogP contribution in [0.5, 0.6) is 0 Å². The molecule has 1 rings (SSSR count). The fourth-order valence-corrected chi connectivity index (χ4v) is 2.66. The Labute approximate surface area is 93.0 Å². The number of hydrogen-bond donors (Lipinski definition) is 2. The largest absolute Gasteiger partial charge is 0.393 e. The van der Waals surface area contributed by atoms with Crippen molar-refractivity contribution in [3.05, 3.63) is 11.6 Å². The van der Waals surface area contributed by atoms with Crippen molar-refractivity contribution in [1.82, 2.24) is 0 Å². The Bertz CT molecular complexity index is 231. The molecule has 2 unspecified atom stereocenters. The van der Waals surface area contributed by atoms with E-state index in [0.717, 1.165) is 24.8 Å². The Hall–Kier alpha value is -0.340. The van der Waals surface area contributed by atoms with E-state index in [4.69, 9.17) is 0 Å². The van der Waals surface area contributed by atoms with Crippen LogP contribution in [-0.2, 0) is 0 Å². The molecule has 0 amide bonds. The summed E-state index contributed by atoms with van der Waals surface area (Å²) < 4.78 is 0. The normalized spacial score (nSPS) is 35.5. The van der Waals surface area contributed by atoms with Crippen LogP contribution in [0.25, 0.3) is 0 Å². The van der Waals surface area contributed by atoms with Crippen LogP contribution >= 0.6 is 0 Å². The van der Waals surface area contributed by atoms with Crippen LogP contribution < -0.4 is 0 Å². The molecule has 2 atom stereocenters. The van der Waals surface area contributed by atoms with Crippen molar-refractivity contribution in [3.63, 3.8) is 0 Å². The van der Waals surface area contributed by atoms with Gasteiger partial charge in [0, 0.05) is 0 Å². The highest BCUT2D eigenvalue weighted by molar-refractivity contribution is 5.25. The van der Waals surface area contributed by atoms with Crippen molar-refractivity contribution in [2.75, 3.05) is 0 Å². The van der Waals surface area contributed by atoms with Gasteiger partial charge >= 0.3 is 0 Å². The van der Waals surface area contributed by atoms with Gasteiger partial charge < -0.3 is 10.2 Å². The summed E-state index contributed by atoms with van der Waals surface area (Å²) in [7, 11) is 0. The van der Waals surface area contributed by atoms with Crippen LogP contribution in [0, 0.1) is 5.41 Å². The Morgan fingerprint density at radius 3 is 2.40 bits per heavy atom. The molecule has 2 N–H and O–H groups in total. The van der Waals surface area contributed by atoms with Crippen LogP contribution in [-0.4, -0.2) is 21.9 Å². The average molecular weight is 212 g/mol. The van der Waals surface area contributed by atoms with Crippen LogP contribution in [0.4, 0.5) is 0 Å². The van der Waals surface area contributed by atoms with Gasteiger partial charge in [-0.2, -0.15) is 0 Å². The predicted octanol–water partition coefficient (Wildman–Crippen LogP) is 2.64. The van der Waals surface area contributed by atoms with Crippen LogP contribution in [0.15, 0.2) is 11.6 Å². The van der Waals surface area contributed by atoms with Crippen molar-refractivity contribution >= 4 is 0 Å². The molecule has 88 valence electrons. The molecule has 0 saturated heterocycles. The number of aliphatic hydroxyl groups excluding tert-OH is 1. The van der Waals surface area contributed by atoms with Gasteiger partial charge in [-0.15, -0.1) is 0 Å². The molecular formula is C13H24O2. The highest BCUT2D eigenvalue weighted by atomic mass is 16.3. The summed E-state index contributed by atoms with van der Waals surface area (Å²) in [4.78, 5) is 0. The second-order valence-electron chi connectivity index (χ2n) is 5.71. The van der Waals surface area contributed by atoms with Gasteiger partial charge in [-0.25, -0.2) is 0 Å². The first-order chi connectivity index (χ1) is 6.76. The van der Waals surface area contributed by atoms with E-state index in [1.807, 2.05) is 13.0 Å². The zero-order valence-corrected chi connectivity index (χ0v) is 10.4. The van der Waals surface area contributed by atoms with Crippen LogP contribution in [0.2, 0.25) is 0 Å². The molecule has 1 aliphatic rings. The second-order valence-corrected chi connectivity index (χ2v) is 5.71. The molecular weight excluding hydrogens is 188 g/mol. The molecule has 2 heteroatoms. The fourth-order valence-electron chi connectivity index (χ4n) is 2.66. The van der Waals surface area contributed by atoms with Crippen molar-refractivity contribution in [1.29, 1.82) is 0 Å². The summed E-state index contributed by atoms with van der Waals surface area (Å²) in [6.45, 7) is 8.02. The fraction of sp³-hybridized carbons (Fsp3) is 0.846. The average Bonchev–Trinajstić information content (AvgIpc) is 1.99. The van der Waals surface area contributed by atoms with Crippen LogP contribution in [0.1, 0.15) is 53.4 Å². The molecule has 1 saturated carbocycles. The lowest BCUT2D eigenvalue weighted by atomic mass is 9.66. The minimum absolute atomic E-state index is 0.0661. The van der Waals surface area contributed by atoms with Gasteiger partial charge in [0.15, 0.2) is 0 Å². The van der Waals surface area contributed by atoms with Gasteiger partial charge in [-0.1, -0.05) is 19.9 Å². The van der Waals surface area contributed by atoms with Crippen molar-refractivity contribution in [2.45, 2.75) is 65.1 Å². The highest BCUT2D eigenvalue weighted by Crippen LogP contribution is 2.45. The summed E-state index contributed by atoms with van der Waals surface area (Å²) in [5.74, 6) is 0. The van der Waals surface area contributed by atoms with Gasteiger partial charge in [0.2, 0.25) is 0 Å². The molecule has 2 nitrogen and oxygen atoms in total. The third-order valence-corrected chi connectivity index (χ3v) is 3.44. The van der Waals surface area contributed by atoms with E-state index in [-0.39, 0.29) is 11.5 Å². The Kier molecular flexibility index (Phi) is 3.62. The molecule has 0 spiro atoms. The van der Waals surface area contributed by atoms with E-state index in [1.54, 1.807) is 6.92 Å². The maximum atomic E-state index is 10.3. The minimum Gasteiger partial charge on any atom is -0.393 e. The maximum absolute atomic E-state index is 10.3. The SMILES string of the molecule is CC(O)CC=C1C(C)(C)CCCC1(C)O. The Morgan fingerprint density at radius 1 is 1.33 bits per heavy atom. The van der Waals surface area contributed by atoms with E-state index < -0.39 is 5.60 Å². The van der Waals surface area contributed by atoms with E-state index in [1.165, 1.54) is 0 Å². The van der Waals surface area contributed by atoms with Gasteiger partial charge in [-0.05, 0) is 50.5 Å². The van der Waals surface area contributed by atoms with Crippen molar-refractivity contribution in [2.24, 2.45) is 5.41 Å². The minimum atomic E-state index is -0.684. The third kappa shape index (κ3) is 3.05. The quantitative estimate of drug-likeness (QED) is 0.691. The standard InChI is InChI=1S/C13H24O2/c1-10(14)6-7-11-12(2,3)8-5-9-13(11,4)15/h7,10,14-15H,5-6,8-9H2,1-4H3. The van der Waals surface area contributed by atoms with Gasteiger partial charge in [-0.3, -0.25) is 0 Å². The maximum Gasteiger partial charge on any atom is 0.0833 e. The summed E-state index contributed by atoms with van der Waals surface area (Å²) in [5.41, 5.74) is 0.481. The number of aliphatic hydroxyl groups is 2. The molecule has 0 aromatic carbocycles. The number of rotatable bonds is 2. The molecule has 0 aliphatic heterocycles.